The molecule has 9 heteroatoms. The van der Waals surface area contributed by atoms with E-state index in [9.17, 15) is 23.3 Å². The van der Waals surface area contributed by atoms with Gasteiger partial charge < -0.3 is 0 Å². The molecule has 0 saturated carbocycles. The van der Waals surface area contributed by atoms with Gasteiger partial charge in [-0.15, -0.1) is 11.8 Å². The number of rotatable bonds is 4. The maximum atomic E-state index is 13.0. The second-order valence-electron chi connectivity index (χ2n) is 5.92. The second kappa shape index (κ2) is 5.68. The Morgan fingerprint density at radius 1 is 1.29 bits per heavy atom. The van der Waals surface area contributed by atoms with Gasteiger partial charge in [-0.1, -0.05) is 12.2 Å². The lowest BCUT2D eigenvalue weighted by atomic mass is 9.91. The zero-order chi connectivity index (χ0) is 17.7. The summed E-state index contributed by atoms with van der Waals surface area (Å²) >= 11 is 1.34. The summed E-state index contributed by atoms with van der Waals surface area (Å²) in [6.45, 7) is 1.76. The van der Waals surface area contributed by atoms with E-state index in [1.54, 1.807) is 25.3 Å². The lowest BCUT2D eigenvalue weighted by molar-refractivity contribution is -0.384. The third-order valence-corrected chi connectivity index (χ3v) is 7.91. The molecule has 1 saturated heterocycles. The van der Waals surface area contributed by atoms with Crippen LogP contribution in [0.2, 0.25) is 0 Å². The van der Waals surface area contributed by atoms with Gasteiger partial charge in [0.2, 0.25) is 10.0 Å². The number of ketones is 1. The number of carbonyl (C=O) groups is 1. The first-order valence-corrected chi connectivity index (χ1v) is 9.93. The molecule has 0 amide bonds. The van der Waals surface area contributed by atoms with Gasteiger partial charge in [-0.25, -0.2) is 8.42 Å². The van der Waals surface area contributed by atoms with Crippen LogP contribution in [0.25, 0.3) is 0 Å². The van der Waals surface area contributed by atoms with Crippen LogP contribution in [0.4, 0.5) is 5.69 Å². The van der Waals surface area contributed by atoms with Crippen molar-refractivity contribution in [3.8, 4) is 0 Å². The number of piperidine rings is 1. The van der Waals surface area contributed by atoms with Crippen molar-refractivity contribution in [1.29, 1.82) is 0 Å². The Morgan fingerprint density at radius 2 is 1.92 bits per heavy atom. The minimum atomic E-state index is -3.86. The molecule has 0 N–H and O–H groups in total. The van der Waals surface area contributed by atoms with E-state index in [0.717, 1.165) is 0 Å². The summed E-state index contributed by atoms with van der Waals surface area (Å²) in [6, 6.07) is 3.76. The average Bonchev–Trinajstić information content (AvgIpc) is 2.93. The minimum absolute atomic E-state index is 0.00963. The number of benzene rings is 1. The minimum Gasteiger partial charge on any atom is -0.298 e. The molecule has 128 valence electrons. The number of carbonyl (C=O) groups excluding carboxylic acids is 1. The summed E-state index contributed by atoms with van der Waals surface area (Å²) in [7, 11) is -3.86. The second-order valence-corrected chi connectivity index (χ2v) is 9.02. The van der Waals surface area contributed by atoms with Crippen LogP contribution in [0.3, 0.4) is 0 Å². The van der Waals surface area contributed by atoms with Crippen LogP contribution in [0, 0.1) is 10.1 Å². The average molecular weight is 368 g/mol. The van der Waals surface area contributed by atoms with E-state index in [2.05, 4.69) is 0 Å². The third kappa shape index (κ3) is 2.38. The Labute approximate surface area is 143 Å². The Hall–Kier alpha value is -1.71. The fourth-order valence-corrected chi connectivity index (χ4v) is 5.79. The molecule has 24 heavy (non-hydrogen) atoms. The van der Waals surface area contributed by atoms with E-state index in [-0.39, 0.29) is 22.8 Å². The van der Waals surface area contributed by atoms with Gasteiger partial charge in [0.25, 0.3) is 5.69 Å². The summed E-state index contributed by atoms with van der Waals surface area (Å²) in [4.78, 5) is 22.5. The number of Topliss-reactive ketones (excluding diaryl/α,β-unsaturated/α-hetero) is 1. The van der Waals surface area contributed by atoms with Gasteiger partial charge in [-0.2, -0.15) is 4.31 Å². The lowest BCUT2D eigenvalue weighted by Gasteiger charge is -2.43. The number of nitro benzene ring substituents is 1. The van der Waals surface area contributed by atoms with Gasteiger partial charge in [0.1, 0.15) is 0 Å². The van der Waals surface area contributed by atoms with Crippen LogP contribution in [-0.4, -0.2) is 46.5 Å². The first-order valence-electron chi connectivity index (χ1n) is 7.26. The third-order valence-electron chi connectivity index (χ3n) is 4.68. The molecule has 3 rings (SSSR count). The molecule has 2 aliphatic rings. The Balaban J connectivity index is 2.02. The molecule has 1 aromatic rings. The van der Waals surface area contributed by atoms with Crippen LogP contribution < -0.4 is 0 Å². The van der Waals surface area contributed by atoms with Crippen LogP contribution in [0.5, 0.6) is 0 Å². The number of hydrogen-bond donors (Lipinski definition) is 0. The standard InChI is InChI=1S/C15H16N2O5S2/c1-15(23-2)13-8-5-11(9-14(15)18)16(13)24(21,22)12-6-3-10(4-7-12)17(19)20/h3-8,11,13H,9H2,1-2H3/t11-,13+,15-/m0/s1. The zero-order valence-electron chi connectivity index (χ0n) is 13.1. The number of nitro groups is 1. The molecule has 0 radical (unpaired) electrons. The van der Waals surface area contributed by atoms with Crippen molar-refractivity contribution in [2.45, 2.75) is 35.1 Å². The number of hydrogen-bond acceptors (Lipinski definition) is 6. The number of non-ortho nitro benzene ring substituents is 1. The molecule has 1 fully saturated rings. The first-order chi connectivity index (χ1) is 11.2. The highest BCUT2D eigenvalue weighted by molar-refractivity contribution is 8.00. The number of nitrogens with zero attached hydrogens (tertiary/aromatic N) is 2. The molecule has 2 aliphatic heterocycles. The molecule has 0 spiro atoms. The topological polar surface area (TPSA) is 97.6 Å². The highest BCUT2D eigenvalue weighted by atomic mass is 32.2. The van der Waals surface area contributed by atoms with Crippen LogP contribution in [0.1, 0.15) is 13.3 Å². The van der Waals surface area contributed by atoms with Gasteiger partial charge in [0.05, 0.1) is 26.6 Å². The Bertz CT molecular complexity index is 834. The van der Waals surface area contributed by atoms with E-state index in [1.165, 1.54) is 40.3 Å². The zero-order valence-corrected chi connectivity index (χ0v) is 14.7. The molecule has 0 aliphatic carbocycles. The SMILES string of the molecule is CS[C@]1(C)C(=O)C[C@@H]2C=C[C@H]1N2S(=O)(=O)c1ccc([N+](=O)[O-])cc1. The molecule has 2 bridgehead atoms. The van der Waals surface area contributed by atoms with E-state index in [0.29, 0.717) is 0 Å². The Kier molecular flexibility index (Phi) is 4.05. The van der Waals surface area contributed by atoms with Gasteiger partial charge in [0, 0.05) is 18.6 Å². The van der Waals surface area contributed by atoms with Crippen molar-refractivity contribution in [3.05, 3.63) is 46.5 Å². The van der Waals surface area contributed by atoms with Crippen LogP contribution in [-0.2, 0) is 14.8 Å². The highest BCUT2D eigenvalue weighted by Crippen LogP contribution is 2.44. The molecule has 3 atom stereocenters. The number of fused-ring (bicyclic) bond motifs is 2. The van der Waals surface area contributed by atoms with Gasteiger partial charge >= 0.3 is 0 Å². The van der Waals surface area contributed by atoms with Gasteiger partial charge in [-0.3, -0.25) is 14.9 Å². The van der Waals surface area contributed by atoms with Gasteiger partial charge in [-0.05, 0) is 25.3 Å². The largest absolute Gasteiger partial charge is 0.298 e. The maximum absolute atomic E-state index is 13.0. The number of sulfonamides is 1. The van der Waals surface area contributed by atoms with Crippen molar-refractivity contribution in [1.82, 2.24) is 4.31 Å². The monoisotopic (exact) mass is 368 g/mol. The predicted octanol–water partition coefficient (Wildman–Crippen LogP) is 1.99. The molecular formula is C15H16N2O5S2. The molecule has 1 aromatic carbocycles. The van der Waals surface area contributed by atoms with Crippen molar-refractivity contribution in [2.24, 2.45) is 0 Å². The first kappa shape index (κ1) is 17.1. The molecule has 0 unspecified atom stereocenters. The van der Waals surface area contributed by atoms with E-state index in [1.807, 2.05) is 0 Å². The number of thioether (sulfide) groups is 1. The van der Waals surface area contributed by atoms with Crippen LogP contribution >= 0.6 is 11.8 Å². The quantitative estimate of drug-likeness (QED) is 0.458. The van der Waals surface area contributed by atoms with Gasteiger partial charge in [0.15, 0.2) is 5.78 Å². The maximum Gasteiger partial charge on any atom is 0.269 e. The fourth-order valence-electron chi connectivity index (χ4n) is 3.18. The van der Waals surface area contributed by atoms with Crippen molar-refractivity contribution >= 4 is 33.3 Å². The summed E-state index contributed by atoms with van der Waals surface area (Å²) in [6.07, 6.45) is 5.46. The summed E-state index contributed by atoms with van der Waals surface area (Å²) in [5, 5.41) is 10.7. The highest BCUT2D eigenvalue weighted by Gasteiger charge is 2.55. The fraction of sp³-hybridized carbons (Fsp3) is 0.400. The normalized spacial score (nSPS) is 29.8. The van der Waals surface area contributed by atoms with Crippen molar-refractivity contribution in [3.63, 3.8) is 0 Å². The molecule has 7 nitrogen and oxygen atoms in total. The predicted molar refractivity (Wildman–Crippen MR) is 90.4 cm³/mol. The van der Waals surface area contributed by atoms with Crippen molar-refractivity contribution < 1.29 is 18.1 Å². The smallest absolute Gasteiger partial charge is 0.269 e. The Morgan fingerprint density at radius 3 is 2.46 bits per heavy atom. The van der Waals surface area contributed by atoms with E-state index in [4.69, 9.17) is 0 Å². The van der Waals surface area contributed by atoms with Crippen LogP contribution in [0.15, 0.2) is 41.3 Å². The van der Waals surface area contributed by atoms with Crippen molar-refractivity contribution in [2.75, 3.05) is 6.26 Å². The van der Waals surface area contributed by atoms with E-state index >= 15 is 0 Å². The molecule has 2 heterocycles. The molecule has 0 aromatic heterocycles. The molecular weight excluding hydrogens is 352 g/mol. The summed E-state index contributed by atoms with van der Waals surface area (Å²) in [5.74, 6) is 0.0325. The lowest BCUT2D eigenvalue weighted by Crippen LogP contribution is -2.59. The summed E-state index contributed by atoms with van der Waals surface area (Å²) in [5.41, 5.74) is -0.169. The van der Waals surface area contributed by atoms with E-state index < -0.39 is 31.8 Å². The summed E-state index contributed by atoms with van der Waals surface area (Å²) < 4.78 is 26.6.